The van der Waals surface area contributed by atoms with Crippen LogP contribution in [0.3, 0.4) is 0 Å². The molecule has 2 aromatic rings. The van der Waals surface area contributed by atoms with Gasteiger partial charge >= 0.3 is 6.03 Å². The zero-order valence-corrected chi connectivity index (χ0v) is 17.8. The number of carbonyl (C=O) groups is 2. The van der Waals surface area contributed by atoms with E-state index in [1.807, 2.05) is 25.1 Å². The number of hydrogen-bond acceptors (Lipinski definition) is 4. The fraction of sp³-hybridized carbons (Fsp3) is 0.182. The number of benzene rings is 2. The van der Waals surface area contributed by atoms with Crippen LogP contribution in [-0.4, -0.2) is 30.0 Å². The van der Waals surface area contributed by atoms with Crippen molar-refractivity contribution in [2.45, 2.75) is 13.5 Å². The first-order valence-corrected chi connectivity index (χ1v) is 9.98. The molecule has 8 heteroatoms. The highest BCUT2D eigenvalue weighted by molar-refractivity contribution is 6.32. The van der Waals surface area contributed by atoms with Crippen LogP contribution < -0.4 is 14.8 Å². The summed E-state index contributed by atoms with van der Waals surface area (Å²) in [7, 11) is 0. The van der Waals surface area contributed by atoms with Gasteiger partial charge in [0.05, 0.1) is 11.6 Å². The van der Waals surface area contributed by atoms with E-state index in [-0.39, 0.29) is 18.8 Å². The Balaban J connectivity index is 1.88. The third kappa shape index (κ3) is 4.78. The smallest absolute Gasteiger partial charge is 0.329 e. The van der Waals surface area contributed by atoms with E-state index in [4.69, 9.17) is 32.7 Å². The Kier molecular flexibility index (Phi) is 7.03. The highest BCUT2D eigenvalue weighted by Gasteiger charge is 2.32. The second-order valence-corrected chi connectivity index (χ2v) is 7.15. The molecule has 0 spiro atoms. The van der Waals surface area contributed by atoms with Crippen LogP contribution >= 0.6 is 23.2 Å². The number of nitrogens with one attached hydrogen (secondary N) is 1. The van der Waals surface area contributed by atoms with Crippen LogP contribution in [0.5, 0.6) is 11.5 Å². The van der Waals surface area contributed by atoms with Crippen LogP contribution in [0.4, 0.5) is 4.79 Å². The Bertz CT molecular complexity index is 1020. The van der Waals surface area contributed by atoms with Gasteiger partial charge in [0.25, 0.3) is 5.91 Å². The topological polar surface area (TPSA) is 67.9 Å². The quantitative estimate of drug-likeness (QED) is 0.350. The van der Waals surface area contributed by atoms with Gasteiger partial charge in [0.1, 0.15) is 12.3 Å². The SMILES string of the molecule is C=CCN1C(=O)N/C(=C/c2cc(Cl)c(OCc3ccccc3Cl)c(OCC)c2)C1=O. The van der Waals surface area contributed by atoms with Gasteiger partial charge in [-0.15, -0.1) is 6.58 Å². The van der Waals surface area contributed by atoms with Crippen LogP contribution in [0.1, 0.15) is 18.1 Å². The van der Waals surface area contributed by atoms with E-state index >= 15 is 0 Å². The van der Waals surface area contributed by atoms with Gasteiger partial charge in [-0.25, -0.2) is 4.79 Å². The molecule has 1 aliphatic rings. The van der Waals surface area contributed by atoms with E-state index < -0.39 is 11.9 Å². The second-order valence-electron chi connectivity index (χ2n) is 6.34. The van der Waals surface area contributed by atoms with E-state index in [0.717, 1.165) is 10.5 Å². The summed E-state index contributed by atoms with van der Waals surface area (Å²) in [5, 5.41) is 3.44. The lowest BCUT2D eigenvalue weighted by molar-refractivity contribution is -0.122. The number of amides is 3. The maximum atomic E-state index is 12.4. The number of rotatable bonds is 8. The van der Waals surface area contributed by atoms with Crippen molar-refractivity contribution in [3.63, 3.8) is 0 Å². The van der Waals surface area contributed by atoms with E-state index in [1.165, 1.54) is 12.2 Å². The third-order valence-electron chi connectivity index (χ3n) is 4.25. The number of nitrogens with zero attached hydrogens (tertiary/aromatic N) is 1. The Labute approximate surface area is 184 Å². The Morgan fingerprint density at radius 1 is 1.13 bits per heavy atom. The molecule has 0 aromatic heterocycles. The first-order valence-electron chi connectivity index (χ1n) is 9.22. The minimum absolute atomic E-state index is 0.127. The zero-order chi connectivity index (χ0) is 21.7. The summed E-state index contributed by atoms with van der Waals surface area (Å²) in [6.07, 6.45) is 3.02. The number of halogens is 2. The summed E-state index contributed by atoms with van der Waals surface area (Å²) in [4.78, 5) is 25.4. The standard InChI is InChI=1S/C22H20Cl2N2O4/c1-3-9-26-21(27)18(25-22(26)28)11-14-10-17(24)20(19(12-14)29-4-2)30-13-15-7-5-6-8-16(15)23/h3,5-8,10-12H,1,4,9,13H2,2H3,(H,25,28)/b18-11+. The molecule has 3 rings (SSSR count). The van der Waals surface area contributed by atoms with Gasteiger partial charge in [-0.2, -0.15) is 0 Å². The molecule has 0 aliphatic carbocycles. The first-order chi connectivity index (χ1) is 14.4. The molecule has 0 bridgehead atoms. The molecule has 1 heterocycles. The molecule has 0 saturated carbocycles. The Hall–Kier alpha value is -2.96. The van der Waals surface area contributed by atoms with Crippen LogP contribution in [0.2, 0.25) is 10.0 Å². The van der Waals surface area contributed by atoms with Gasteiger partial charge in [0.15, 0.2) is 11.5 Å². The van der Waals surface area contributed by atoms with Gasteiger partial charge in [0.2, 0.25) is 0 Å². The van der Waals surface area contributed by atoms with Gasteiger partial charge in [0, 0.05) is 17.1 Å². The number of carbonyl (C=O) groups excluding carboxylic acids is 2. The number of imide groups is 1. The molecule has 30 heavy (non-hydrogen) atoms. The monoisotopic (exact) mass is 446 g/mol. The lowest BCUT2D eigenvalue weighted by Crippen LogP contribution is -2.30. The molecule has 1 fully saturated rings. The van der Waals surface area contributed by atoms with Crippen molar-refractivity contribution in [2.24, 2.45) is 0 Å². The van der Waals surface area contributed by atoms with Crippen molar-refractivity contribution < 1.29 is 19.1 Å². The van der Waals surface area contributed by atoms with Crippen LogP contribution in [0.25, 0.3) is 6.08 Å². The van der Waals surface area contributed by atoms with Crippen molar-refractivity contribution in [3.8, 4) is 11.5 Å². The van der Waals surface area contributed by atoms with Crippen molar-refractivity contribution in [3.05, 3.63) is 75.9 Å². The normalized spacial score (nSPS) is 14.8. The maximum absolute atomic E-state index is 12.4. The molecule has 1 N–H and O–H groups in total. The molecule has 0 unspecified atom stereocenters. The summed E-state index contributed by atoms with van der Waals surface area (Å²) in [6, 6.07) is 10.2. The maximum Gasteiger partial charge on any atom is 0.329 e. The first kappa shape index (κ1) is 21.7. The lowest BCUT2D eigenvalue weighted by atomic mass is 10.1. The van der Waals surface area contributed by atoms with E-state index in [1.54, 1.807) is 18.2 Å². The predicted molar refractivity (Wildman–Crippen MR) is 117 cm³/mol. The van der Waals surface area contributed by atoms with Crippen LogP contribution in [0, 0.1) is 0 Å². The fourth-order valence-electron chi connectivity index (χ4n) is 2.87. The minimum Gasteiger partial charge on any atom is -0.490 e. The third-order valence-corrected chi connectivity index (χ3v) is 4.90. The highest BCUT2D eigenvalue weighted by Crippen LogP contribution is 2.38. The summed E-state index contributed by atoms with van der Waals surface area (Å²) < 4.78 is 11.6. The van der Waals surface area contributed by atoms with Gasteiger partial charge in [-0.05, 0) is 36.8 Å². The summed E-state index contributed by atoms with van der Waals surface area (Å²) in [6.45, 7) is 6.12. The number of urea groups is 1. The minimum atomic E-state index is -0.498. The van der Waals surface area contributed by atoms with Gasteiger partial charge in [-0.1, -0.05) is 47.5 Å². The molecule has 1 aliphatic heterocycles. The van der Waals surface area contributed by atoms with Crippen molar-refractivity contribution in [2.75, 3.05) is 13.2 Å². The predicted octanol–water partition coefficient (Wildman–Crippen LogP) is 5.05. The summed E-state index contributed by atoms with van der Waals surface area (Å²) in [5.74, 6) is 0.354. The number of hydrogen-bond donors (Lipinski definition) is 1. The van der Waals surface area contributed by atoms with Crippen LogP contribution in [0.15, 0.2) is 54.8 Å². The average molecular weight is 447 g/mol. The fourth-order valence-corrected chi connectivity index (χ4v) is 3.34. The Morgan fingerprint density at radius 2 is 1.90 bits per heavy atom. The van der Waals surface area contributed by atoms with Crippen molar-refractivity contribution >= 4 is 41.2 Å². The number of ether oxygens (including phenoxy) is 2. The Morgan fingerprint density at radius 3 is 2.60 bits per heavy atom. The molecular weight excluding hydrogens is 427 g/mol. The molecule has 0 radical (unpaired) electrons. The van der Waals surface area contributed by atoms with Crippen molar-refractivity contribution in [1.29, 1.82) is 0 Å². The summed E-state index contributed by atoms with van der Waals surface area (Å²) in [5.41, 5.74) is 1.54. The lowest BCUT2D eigenvalue weighted by Gasteiger charge is -2.15. The van der Waals surface area contributed by atoms with E-state index in [9.17, 15) is 9.59 Å². The van der Waals surface area contributed by atoms with Crippen molar-refractivity contribution in [1.82, 2.24) is 10.2 Å². The molecule has 6 nitrogen and oxygen atoms in total. The summed E-state index contributed by atoms with van der Waals surface area (Å²) >= 11 is 12.6. The highest BCUT2D eigenvalue weighted by atomic mass is 35.5. The van der Waals surface area contributed by atoms with Gasteiger partial charge in [-0.3, -0.25) is 9.69 Å². The largest absolute Gasteiger partial charge is 0.490 e. The average Bonchev–Trinajstić information content (AvgIpc) is 2.96. The molecule has 3 amide bonds. The molecule has 1 saturated heterocycles. The van der Waals surface area contributed by atoms with Gasteiger partial charge < -0.3 is 14.8 Å². The molecular formula is C22H20Cl2N2O4. The van der Waals surface area contributed by atoms with E-state index in [0.29, 0.717) is 33.7 Å². The molecule has 0 atom stereocenters. The molecule has 156 valence electrons. The van der Waals surface area contributed by atoms with E-state index in [2.05, 4.69) is 11.9 Å². The molecule has 2 aromatic carbocycles. The van der Waals surface area contributed by atoms with Crippen LogP contribution in [-0.2, 0) is 11.4 Å². The zero-order valence-electron chi connectivity index (χ0n) is 16.3. The second kappa shape index (κ2) is 9.69.